The van der Waals surface area contributed by atoms with Gasteiger partial charge in [0.05, 0.1) is 12.5 Å². The lowest BCUT2D eigenvalue weighted by Gasteiger charge is -2.34. The third kappa shape index (κ3) is 2.73. The van der Waals surface area contributed by atoms with Crippen molar-refractivity contribution in [1.29, 1.82) is 5.26 Å². The lowest BCUT2D eigenvalue weighted by Crippen LogP contribution is -2.54. The number of nitriles is 1. The summed E-state index contributed by atoms with van der Waals surface area (Å²) in [6, 6.07) is 1.85. The maximum Gasteiger partial charge on any atom is 0.411 e. The Balaban J connectivity index is 2.96. The molecule has 1 amide bonds. The average Bonchev–Trinajstić information content (AvgIpc) is 2.60. The van der Waals surface area contributed by atoms with Crippen molar-refractivity contribution >= 4 is 12.1 Å². The van der Waals surface area contributed by atoms with Crippen LogP contribution in [0, 0.1) is 11.3 Å². The summed E-state index contributed by atoms with van der Waals surface area (Å²) >= 11 is 0. The molecule has 0 radical (unpaired) electrons. The summed E-state index contributed by atoms with van der Waals surface area (Å²) in [5.74, 6) is -1.15. The molecule has 1 heterocycles. The Bertz CT molecular complexity index is 394. The Morgan fingerprint density at radius 3 is 2.56 bits per heavy atom. The van der Waals surface area contributed by atoms with Crippen LogP contribution in [0.1, 0.15) is 40.0 Å². The predicted octanol–water partition coefficient (Wildman–Crippen LogP) is 1.75. The van der Waals surface area contributed by atoms with Crippen molar-refractivity contribution in [3.05, 3.63) is 0 Å². The minimum absolute atomic E-state index is 0.221. The molecule has 0 unspecified atom stereocenters. The van der Waals surface area contributed by atoms with Gasteiger partial charge in [0, 0.05) is 6.54 Å². The van der Waals surface area contributed by atoms with Gasteiger partial charge in [-0.1, -0.05) is 0 Å². The molecule has 100 valence electrons. The molecule has 0 saturated carbocycles. The Morgan fingerprint density at radius 1 is 1.50 bits per heavy atom. The van der Waals surface area contributed by atoms with Gasteiger partial charge in [-0.25, -0.2) is 9.59 Å². The number of aliphatic carboxylic acids is 1. The molecule has 1 aliphatic heterocycles. The number of ether oxygens (including phenoxy) is 1. The fourth-order valence-corrected chi connectivity index (χ4v) is 2.07. The predicted molar refractivity (Wildman–Crippen MR) is 62.8 cm³/mol. The van der Waals surface area contributed by atoms with E-state index in [9.17, 15) is 14.7 Å². The molecule has 1 atom stereocenters. The van der Waals surface area contributed by atoms with Crippen LogP contribution < -0.4 is 0 Å². The Kier molecular flexibility index (Phi) is 3.85. The fourth-order valence-electron chi connectivity index (χ4n) is 2.07. The van der Waals surface area contributed by atoms with Crippen LogP contribution in [-0.2, 0) is 9.53 Å². The highest BCUT2D eigenvalue weighted by molar-refractivity contribution is 5.85. The van der Waals surface area contributed by atoms with E-state index in [4.69, 9.17) is 10.00 Å². The molecular formula is C12H18N2O4. The molecule has 1 fully saturated rings. The van der Waals surface area contributed by atoms with Crippen LogP contribution in [0.15, 0.2) is 0 Å². The van der Waals surface area contributed by atoms with E-state index in [1.807, 2.05) is 6.07 Å². The molecule has 0 aromatic rings. The van der Waals surface area contributed by atoms with Crippen LogP contribution in [0.4, 0.5) is 4.79 Å². The van der Waals surface area contributed by atoms with E-state index >= 15 is 0 Å². The van der Waals surface area contributed by atoms with Crippen molar-refractivity contribution in [2.24, 2.45) is 0 Å². The van der Waals surface area contributed by atoms with Crippen LogP contribution in [0.2, 0.25) is 0 Å². The van der Waals surface area contributed by atoms with Crippen LogP contribution in [0.5, 0.6) is 0 Å². The Hall–Kier alpha value is -1.77. The molecule has 1 rings (SSSR count). The maximum atomic E-state index is 12.0. The second-order valence-electron chi connectivity index (χ2n) is 5.41. The summed E-state index contributed by atoms with van der Waals surface area (Å²) in [5.41, 5.74) is -2.12. The summed E-state index contributed by atoms with van der Waals surface area (Å²) in [6.07, 6.45) is -0.0399. The van der Waals surface area contributed by atoms with Gasteiger partial charge in [-0.15, -0.1) is 0 Å². The number of rotatable bonds is 2. The van der Waals surface area contributed by atoms with Crippen molar-refractivity contribution in [2.75, 3.05) is 6.54 Å². The molecular weight excluding hydrogens is 236 g/mol. The number of carboxylic acids is 1. The third-order valence-electron chi connectivity index (χ3n) is 2.87. The van der Waals surface area contributed by atoms with Crippen molar-refractivity contribution in [3.8, 4) is 6.07 Å². The quantitative estimate of drug-likeness (QED) is 0.810. The average molecular weight is 254 g/mol. The number of nitrogens with zero attached hydrogens (tertiary/aromatic N) is 2. The molecule has 0 aromatic carbocycles. The highest BCUT2D eigenvalue weighted by atomic mass is 16.6. The second kappa shape index (κ2) is 4.84. The van der Waals surface area contributed by atoms with Gasteiger partial charge in [0.2, 0.25) is 0 Å². The topological polar surface area (TPSA) is 90.6 Å². The van der Waals surface area contributed by atoms with Gasteiger partial charge in [0.1, 0.15) is 5.60 Å². The number of carbonyl (C=O) groups excluding carboxylic acids is 1. The number of hydrogen-bond acceptors (Lipinski definition) is 4. The minimum Gasteiger partial charge on any atom is -0.479 e. The standard InChI is InChI=1S/C12H18N2O4/c1-11(2,3)18-10(17)14-8-4-5-12(14,6-7-13)9(15)16/h4-6,8H2,1-3H3,(H,15,16)/t12-/m1/s1. The van der Waals surface area contributed by atoms with E-state index in [1.54, 1.807) is 20.8 Å². The highest BCUT2D eigenvalue weighted by Crippen LogP contribution is 2.34. The lowest BCUT2D eigenvalue weighted by atomic mass is 9.93. The van der Waals surface area contributed by atoms with E-state index in [0.29, 0.717) is 13.0 Å². The largest absolute Gasteiger partial charge is 0.479 e. The molecule has 1 saturated heterocycles. The molecule has 0 aromatic heterocycles. The third-order valence-corrected chi connectivity index (χ3v) is 2.87. The highest BCUT2D eigenvalue weighted by Gasteiger charge is 2.51. The number of hydrogen-bond donors (Lipinski definition) is 1. The van der Waals surface area contributed by atoms with Gasteiger partial charge in [-0.05, 0) is 33.6 Å². The molecule has 18 heavy (non-hydrogen) atoms. The molecule has 6 heteroatoms. The molecule has 1 aliphatic rings. The minimum atomic E-state index is -1.43. The Labute approximate surface area is 106 Å². The van der Waals surface area contributed by atoms with Gasteiger partial charge < -0.3 is 9.84 Å². The van der Waals surface area contributed by atoms with Gasteiger partial charge in [0.15, 0.2) is 5.54 Å². The molecule has 0 spiro atoms. The second-order valence-corrected chi connectivity index (χ2v) is 5.41. The summed E-state index contributed by atoms with van der Waals surface area (Å²) in [4.78, 5) is 24.6. The van der Waals surface area contributed by atoms with E-state index in [1.165, 1.54) is 4.90 Å². The van der Waals surface area contributed by atoms with Crippen LogP contribution in [-0.4, -0.2) is 39.8 Å². The van der Waals surface area contributed by atoms with E-state index < -0.39 is 23.2 Å². The number of amides is 1. The van der Waals surface area contributed by atoms with Gasteiger partial charge in [0.25, 0.3) is 0 Å². The summed E-state index contributed by atoms with van der Waals surface area (Å²) in [6.45, 7) is 5.46. The monoisotopic (exact) mass is 254 g/mol. The zero-order valence-corrected chi connectivity index (χ0v) is 10.9. The zero-order chi connectivity index (χ0) is 14.0. The van der Waals surface area contributed by atoms with Gasteiger partial charge in [-0.2, -0.15) is 5.26 Å². The van der Waals surface area contributed by atoms with Gasteiger partial charge in [-0.3, -0.25) is 4.90 Å². The summed E-state index contributed by atoms with van der Waals surface area (Å²) < 4.78 is 5.19. The first-order valence-corrected chi connectivity index (χ1v) is 5.84. The van der Waals surface area contributed by atoms with Crippen LogP contribution >= 0.6 is 0 Å². The molecule has 0 bridgehead atoms. The first-order valence-electron chi connectivity index (χ1n) is 5.84. The van der Waals surface area contributed by atoms with Crippen LogP contribution in [0.3, 0.4) is 0 Å². The normalized spacial score (nSPS) is 23.6. The molecule has 1 N–H and O–H groups in total. The Morgan fingerprint density at radius 2 is 2.11 bits per heavy atom. The number of carboxylic acid groups (broad SMARTS) is 1. The summed E-state index contributed by atoms with van der Waals surface area (Å²) in [5, 5.41) is 18.1. The lowest BCUT2D eigenvalue weighted by molar-refractivity contribution is -0.149. The summed E-state index contributed by atoms with van der Waals surface area (Å²) in [7, 11) is 0. The van der Waals surface area contributed by atoms with Crippen molar-refractivity contribution < 1.29 is 19.4 Å². The SMILES string of the molecule is CC(C)(C)OC(=O)N1CCC[C@@]1(CC#N)C(=O)O. The van der Waals surface area contributed by atoms with Gasteiger partial charge >= 0.3 is 12.1 Å². The van der Waals surface area contributed by atoms with E-state index in [-0.39, 0.29) is 12.8 Å². The maximum absolute atomic E-state index is 12.0. The van der Waals surface area contributed by atoms with Crippen molar-refractivity contribution in [2.45, 2.75) is 51.2 Å². The van der Waals surface area contributed by atoms with E-state index in [2.05, 4.69) is 0 Å². The number of likely N-dealkylation sites (tertiary alicyclic amines) is 1. The van der Waals surface area contributed by atoms with Crippen LogP contribution in [0.25, 0.3) is 0 Å². The first kappa shape index (κ1) is 14.3. The van der Waals surface area contributed by atoms with Crippen molar-refractivity contribution in [3.63, 3.8) is 0 Å². The molecule has 0 aliphatic carbocycles. The fraction of sp³-hybridized carbons (Fsp3) is 0.750. The smallest absolute Gasteiger partial charge is 0.411 e. The van der Waals surface area contributed by atoms with E-state index in [0.717, 1.165) is 0 Å². The molecule has 6 nitrogen and oxygen atoms in total. The number of carbonyl (C=O) groups is 2. The zero-order valence-electron chi connectivity index (χ0n) is 10.9. The van der Waals surface area contributed by atoms with Crippen molar-refractivity contribution in [1.82, 2.24) is 4.90 Å². The first-order chi connectivity index (χ1) is 8.23.